The van der Waals surface area contributed by atoms with Gasteiger partial charge in [-0.15, -0.1) is 6.42 Å². The van der Waals surface area contributed by atoms with Gasteiger partial charge in [-0.3, -0.25) is 0 Å². The number of aryl methyl sites for hydroxylation is 1. The molecule has 0 saturated heterocycles. The molecule has 24 heavy (non-hydrogen) atoms. The van der Waals surface area contributed by atoms with Gasteiger partial charge in [-0.2, -0.15) is 0 Å². The highest BCUT2D eigenvalue weighted by Crippen LogP contribution is 2.06. The summed E-state index contributed by atoms with van der Waals surface area (Å²) in [5.41, 5.74) is 2.60. The van der Waals surface area contributed by atoms with Crippen LogP contribution < -0.4 is 5.32 Å². The van der Waals surface area contributed by atoms with E-state index in [0.717, 1.165) is 30.5 Å². The molecule has 2 aromatic rings. The van der Waals surface area contributed by atoms with Crippen molar-refractivity contribution in [1.29, 1.82) is 0 Å². The summed E-state index contributed by atoms with van der Waals surface area (Å²) >= 11 is 0. The van der Waals surface area contributed by atoms with Crippen molar-refractivity contribution in [3.05, 3.63) is 65.5 Å². The molecule has 4 heteroatoms. The van der Waals surface area contributed by atoms with Crippen LogP contribution in [0.4, 0.5) is 4.79 Å². The minimum absolute atomic E-state index is 0.0455. The molecule has 1 N–H and O–H groups in total. The van der Waals surface area contributed by atoms with Gasteiger partial charge in [0.2, 0.25) is 0 Å². The first kappa shape index (κ1) is 17.6. The predicted molar refractivity (Wildman–Crippen MR) is 94.3 cm³/mol. The molecule has 0 spiro atoms. The number of ether oxygens (including phenoxy) is 1. The summed E-state index contributed by atoms with van der Waals surface area (Å²) in [6.45, 7) is 2.25. The van der Waals surface area contributed by atoms with Crippen LogP contribution >= 0.6 is 0 Å². The van der Waals surface area contributed by atoms with Crippen molar-refractivity contribution >= 4 is 6.09 Å². The number of pyridine rings is 1. The molecule has 0 aliphatic heterocycles. The van der Waals surface area contributed by atoms with Crippen LogP contribution in [0.25, 0.3) is 0 Å². The molecule has 0 radical (unpaired) electrons. The first-order chi connectivity index (χ1) is 11.7. The van der Waals surface area contributed by atoms with E-state index in [4.69, 9.17) is 11.2 Å². The molecule has 0 bridgehead atoms. The molecule has 1 heterocycles. The fourth-order valence-corrected chi connectivity index (χ4v) is 2.33. The van der Waals surface area contributed by atoms with Gasteiger partial charge in [0.15, 0.2) is 0 Å². The first-order valence-corrected chi connectivity index (χ1v) is 8.07. The Labute approximate surface area is 143 Å². The Morgan fingerprint density at radius 1 is 1.25 bits per heavy atom. The summed E-state index contributed by atoms with van der Waals surface area (Å²) in [7, 11) is 0. The highest BCUT2D eigenvalue weighted by Gasteiger charge is 2.08. The third kappa shape index (κ3) is 6.13. The number of carbonyl (C=O) groups is 1. The average molecular weight is 322 g/mol. The second kappa shape index (κ2) is 9.36. The zero-order chi connectivity index (χ0) is 17.2. The smallest absolute Gasteiger partial charge is 0.407 e. The van der Waals surface area contributed by atoms with Gasteiger partial charge in [-0.25, -0.2) is 9.78 Å². The zero-order valence-corrected chi connectivity index (χ0v) is 13.9. The fourth-order valence-electron chi connectivity index (χ4n) is 2.33. The molecule has 1 aromatic heterocycles. The number of hydrogen-bond acceptors (Lipinski definition) is 3. The van der Waals surface area contributed by atoms with Crippen LogP contribution in [0.1, 0.15) is 36.7 Å². The maximum Gasteiger partial charge on any atom is 0.407 e. The molecular weight excluding hydrogens is 300 g/mol. The van der Waals surface area contributed by atoms with Crippen LogP contribution in [0, 0.1) is 12.3 Å². The Morgan fingerprint density at radius 2 is 2.04 bits per heavy atom. The number of nitrogens with zero attached hydrogens (tertiary/aromatic N) is 1. The van der Waals surface area contributed by atoms with E-state index >= 15 is 0 Å². The number of amides is 1. The predicted octanol–water partition coefficient (Wildman–Crippen LogP) is 3.70. The van der Waals surface area contributed by atoms with Gasteiger partial charge in [0.05, 0.1) is 0 Å². The lowest BCUT2D eigenvalue weighted by molar-refractivity contribution is 0.136. The minimum atomic E-state index is -0.390. The van der Waals surface area contributed by atoms with Crippen LogP contribution in [-0.4, -0.2) is 17.1 Å². The lowest BCUT2D eigenvalue weighted by Gasteiger charge is -2.14. The monoisotopic (exact) mass is 322 g/mol. The van der Waals surface area contributed by atoms with Gasteiger partial charge in [-0.05, 0) is 43.9 Å². The normalized spacial score (nSPS) is 11.3. The average Bonchev–Trinajstić information content (AvgIpc) is 2.61. The molecule has 0 aliphatic rings. The molecule has 1 atom stereocenters. The summed E-state index contributed by atoms with van der Waals surface area (Å²) in [4.78, 5) is 16.1. The fraction of sp³-hybridized carbons (Fsp3) is 0.300. The van der Waals surface area contributed by atoms with E-state index < -0.39 is 0 Å². The molecule has 0 fully saturated rings. The Balaban J connectivity index is 1.66. The molecule has 4 nitrogen and oxygen atoms in total. The van der Waals surface area contributed by atoms with Crippen LogP contribution in [0.3, 0.4) is 0 Å². The Hall–Kier alpha value is -2.80. The van der Waals surface area contributed by atoms with Crippen molar-refractivity contribution in [1.82, 2.24) is 10.3 Å². The summed E-state index contributed by atoms with van der Waals surface area (Å²) in [6, 6.07) is 15.4. The van der Waals surface area contributed by atoms with Crippen molar-refractivity contribution in [3.8, 4) is 12.3 Å². The van der Waals surface area contributed by atoms with Gasteiger partial charge >= 0.3 is 6.09 Å². The van der Waals surface area contributed by atoms with Gasteiger partial charge in [0, 0.05) is 11.7 Å². The third-order valence-electron chi connectivity index (χ3n) is 3.60. The lowest BCUT2D eigenvalue weighted by atomic mass is 10.1. The maximum atomic E-state index is 11.8. The number of alkyl carbamates (subject to hydrolysis) is 1. The number of carbonyl (C=O) groups excluding carboxylic acids is 1. The van der Waals surface area contributed by atoms with Gasteiger partial charge in [0.1, 0.15) is 12.3 Å². The summed E-state index contributed by atoms with van der Waals surface area (Å²) in [5.74, 6) is 2.54. The maximum absolute atomic E-state index is 11.8. The van der Waals surface area contributed by atoms with E-state index in [1.54, 1.807) is 0 Å². The molecule has 1 aromatic carbocycles. The Morgan fingerprint density at radius 3 is 2.79 bits per heavy atom. The van der Waals surface area contributed by atoms with Crippen molar-refractivity contribution in [2.45, 2.75) is 38.8 Å². The van der Waals surface area contributed by atoms with Crippen LogP contribution in [0.5, 0.6) is 0 Å². The molecule has 0 saturated carbocycles. The molecule has 2 rings (SSSR count). The number of rotatable bonds is 7. The molecule has 1 amide bonds. The van der Waals surface area contributed by atoms with E-state index in [9.17, 15) is 4.79 Å². The van der Waals surface area contributed by atoms with Crippen LogP contribution in [-0.2, 0) is 17.8 Å². The Kier molecular flexibility index (Phi) is 6.85. The van der Waals surface area contributed by atoms with Crippen molar-refractivity contribution < 1.29 is 9.53 Å². The van der Waals surface area contributed by atoms with Crippen LogP contribution in [0.2, 0.25) is 0 Å². The molecular formula is C20H22N2O2. The van der Waals surface area contributed by atoms with Gasteiger partial charge in [-0.1, -0.05) is 42.3 Å². The van der Waals surface area contributed by atoms with E-state index in [1.165, 1.54) is 0 Å². The lowest BCUT2D eigenvalue weighted by Crippen LogP contribution is -2.33. The Bertz CT molecular complexity index is 692. The molecule has 0 unspecified atom stereocenters. The first-order valence-electron chi connectivity index (χ1n) is 8.07. The zero-order valence-electron chi connectivity index (χ0n) is 13.9. The molecule has 0 aliphatic carbocycles. The quantitative estimate of drug-likeness (QED) is 0.791. The van der Waals surface area contributed by atoms with E-state index in [1.807, 2.05) is 55.5 Å². The largest absolute Gasteiger partial charge is 0.445 e. The third-order valence-corrected chi connectivity index (χ3v) is 3.60. The standard InChI is InChI=1S/C20H22N2O2/c1-3-18-12-8-14-19(22-18)13-7-9-16(2)21-20(23)24-15-17-10-5-4-6-11-17/h1,4-6,8,10-12,14,16H,7,9,13,15H2,2H3,(H,21,23)/t16-/m0/s1. The molecule has 124 valence electrons. The number of nitrogens with one attached hydrogen (secondary N) is 1. The highest BCUT2D eigenvalue weighted by molar-refractivity contribution is 5.67. The van der Waals surface area contributed by atoms with Crippen molar-refractivity contribution in [3.63, 3.8) is 0 Å². The second-order valence-electron chi connectivity index (χ2n) is 5.66. The van der Waals surface area contributed by atoms with Crippen molar-refractivity contribution in [2.75, 3.05) is 0 Å². The van der Waals surface area contributed by atoms with E-state index in [-0.39, 0.29) is 18.7 Å². The number of aromatic nitrogens is 1. The second-order valence-corrected chi connectivity index (χ2v) is 5.66. The SMILES string of the molecule is C#Cc1cccc(CCC[C@H](C)NC(=O)OCc2ccccc2)n1. The van der Waals surface area contributed by atoms with Gasteiger partial charge in [0.25, 0.3) is 0 Å². The summed E-state index contributed by atoms with van der Waals surface area (Å²) in [5, 5.41) is 2.85. The summed E-state index contributed by atoms with van der Waals surface area (Å²) < 4.78 is 5.21. The van der Waals surface area contributed by atoms with Gasteiger partial charge < -0.3 is 10.1 Å². The number of terminal acetylenes is 1. The summed E-state index contributed by atoms with van der Waals surface area (Å²) in [6.07, 6.45) is 7.56. The van der Waals surface area contributed by atoms with E-state index in [0.29, 0.717) is 5.69 Å². The minimum Gasteiger partial charge on any atom is -0.445 e. The van der Waals surface area contributed by atoms with E-state index in [2.05, 4.69) is 16.2 Å². The highest BCUT2D eigenvalue weighted by atomic mass is 16.5. The number of hydrogen-bond donors (Lipinski definition) is 1. The number of benzene rings is 1. The van der Waals surface area contributed by atoms with Crippen LogP contribution in [0.15, 0.2) is 48.5 Å². The van der Waals surface area contributed by atoms with Crippen molar-refractivity contribution in [2.24, 2.45) is 0 Å². The topological polar surface area (TPSA) is 51.2 Å².